The van der Waals surface area contributed by atoms with E-state index in [1.54, 1.807) is 6.07 Å². The lowest BCUT2D eigenvalue weighted by molar-refractivity contribution is -0.384. The van der Waals surface area contributed by atoms with Crippen molar-refractivity contribution in [2.24, 2.45) is 0 Å². The molecule has 3 N–H and O–H groups in total. The van der Waals surface area contributed by atoms with Crippen LogP contribution in [-0.4, -0.2) is 35.2 Å². The first kappa shape index (κ1) is 22.2. The van der Waals surface area contributed by atoms with Gasteiger partial charge in [-0.2, -0.15) is 13.2 Å². The van der Waals surface area contributed by atoms with Gasteiger partial charge < -0.3 is 20.2 Å². The summed E-state index contributed by atoms with van der Waals surface area (Å²) in [7, 11) is 0. The normalized spacial score (nSPS) is 13.6. The number of hydrogen-bond acceptors (Lipinski definition) is 6. The quantitative estimate of drug-likeness (QED) is 0.427. The molecule has 0 saturated heterocycles. The lowest BCUT2D eigenvalue weighted by atomic mass is 9.95. The Kier molecular flexibility index (Phi) is 6.85. The minimum Gasteiger partial charge on any atom is -0.463 e. The first-order valence-electron chi connectivity index (χ1n) is 8.64. The van der Waals surface area contributed by atoms with Crippen molar-refractivity contribution in [2.75, 3.05) is 18.4 Å². The smallest absolute Gasteiger partial charge is 0.424 e. The molecule has 1 atom stereocenters. The van der Waals surface area contributed by atoms with E-state index < -0.39 is 41.3 Å². The van der Waals surface area contributed by atoms with Gasteiger partial charge in [-0.25, -0.2) is 0 Å². The molecule has 1 aromatic carbocycles. The molecule has 1 unspecified atom stereocenters. The molecule has 29 heavy (non-hydrogen) atoms. The van der Waals surface area contributed by atoms with E-state index in [9.17, 15) is 33.2 Å². The van der Waals surface area contributed by atoms with E-state index in [0.717, 1.165) is 6.07 Å². The molecular weight excluding hydrogens is 395 g/mol. The number of nitrogens with zero attached hydrogens (tertiary/aromatic N) is 1. The van der Waals surface area contributed by atoms with Crippen LogP contribution in [0, 0.1) is 17.0 Å². The zero-order chi connectivity index (χ0) is 21.7. The number of halogens is 3. The zero-order valence-corrected chi connectivity index (χ0v) is 15.5. The largest absolute Gasteiger partial charge is 0.463 e. The monoisotopic (exact) mass is 415 g/mol. The van der Waals surface area contributed by atoms with Crippen LogP contribution in [-0.2, 0) is 10.4 Å². The van der Waals surface area contributed by atoms with Crippen LogP contribution < -0.4 is 10.6 Å². The van der Waals surface area contributed by atoms with E-state index in [4.69, 9.17) is 4.42 Å². The number of amides is 1. The summed E-state index contributed by atoms with van der Waals surface area (Å²) in [5.41, 5.74) is -3.15. The van der Waals surface area contributed by atoms with Crippen LogP contribution in [0.1, 0.15) is 24.4 Å². The standard InChI is InChI=1S/C18H20F3N3O5/c1-12-6-7-15(29-12)17(26,18(19,20)21)9-11-23-16(25)8-10-22-13-4-2-3-5-14(13)24(27)28/h2-7,22,26H,8-11H2,1H3,(H,23,25). The number of nitro benzene ring substituents is 1. The second kappa shape index (κ2) is 8.95. The summed E-state index contributed by atoms with van der Waals surface area (Å²) in [6.45, 7) is 1.05. The fraction of sp³-hybridized carbons (Fsp3) is 0.389. The molecule has 8 nitrogen and oxygen atoms in total. The number of hydrogen-bond donors (Lipinski definition) is 3. The van der Waals surface area contributed by atoms with Crippen LogP contribution in [0.2, 0.25) is 0 Å². The van der Waals surface area contributed by atoms with Gasteiger partial charge in [-0.05, 0) is 25.1 Å². The SMILES string of the molecule is Cc1ccc(C(O)(CCNC(=O)CCNc2ccccc2[N+](=O)[O-])C(F)(F)F)o1. The summed E-state index contributed by atoms with van der Waals surface area (Å²) in [5.74, 6) is -1.00. The highest BCUT2D eigenvalue weighted by Crippen LogP contribution is 2.42. The maximum atomic E-state index is 13.3. The predicted octanol–water partition coefficient (Wildman–Crippen LogP) is 3.25. The van der Waals surface area contributed by atoms with Gasteiger partial charge in [-0.3, -0.25) is 14.9 Å². The van der Waals surface area contributed by atoms with Gasteiger partial charge in [0.2, 0.25) is 11.5 Å². The molecule has 1 amide bonds. The number of furan rings is 1. The van der Waals surface area contributed by atoms with Gasteiger partial charge in [0.05, 0.1) is 4.92 Å². The van der Waals surface area contributed by atoms with E-state index in [1.165, 1.54) is 31.2 Å². The number of aryl methyl sites for hydroxylation is 1. The van der Waals surface area contributed by atoms with Crippen molar-refractivity contribution in [1.29, 1.82) is 0 Å². The number of carbonyl (C=O) groups excluding carboxylic acids is 1. The predicted molar refractivity (Wildman–Crippen MR) is 97.2 cm³/mol. The first-order valence-corrected chi connectivity index (χ1v) is 8.64. The average Bonchev–Trinajstić information content (AvgIpc) is 3.07. The number of para-hydroxylation sites is 2. The summed E-state index contributed by atoms with van der Waals surface area (Å²) in [4.78, 5) is 22.2. The molecule has 0 bridgehead atoms. The summed E-state index contributed by atoms with van der Waals surface area (Å²) in [6, 6.07) is 8.21. The number of carbonyl (C=O) groups is 1. The van der Waals surface area contributed by atoms with Crippen molar-refractivity contribution in [3.05, 3.63) is 58.0 Å². The number of anilines is 1. The second-order valence-corrected chi connectivity index (χ2v) is 6.32. The van der Waals surface area contributed by atoms with Crippen molar-refractivity contribution >= 4 is 17.3 Å². The van der Waals surface area contributed by atoms with Crippen molar-refractivity contribution in [3.63, 3.8) is 0 Å². The third kappa shape index (κ3) is 5.47. The van der Waals surface area contributed by atoms with Crippen LogP contribution in [0.4, 0.5) is 24.5 Å². The van der Waals surface area contributed by atoms with Crippen LogP contribution in [0.3, 0.4) is 0 Å². The summed E-state index contributed by atoms with van der Waals surface area (Å²) in [5, 5.41) is 26.1. The maximum absolute atomic E-state index is 13.3. The zero-order valence-electron chi connectivity index (χ0n) is 15.5. The summed E-state index contributed by atoms with van der Waals surface area (Å²) < 4.78 is 44.9. The molecule has 158 valence electrons. The van der Waals surface area contributed by atoms with Crippen LogP contribution in [0.15, 0.2) is 40.8 Å². The molecule has 0 fully saturated rings. The molecule has 0 aliphatic heterocycles. The van der Waals surface area contributed by atoms with Gasteiger partial charge in [0.15, 0.2) is 0 Å². The number of aliphatic hydroxyl groups is 1. The molecule has 1 heterocycles. The van der Waals surface area contributed by atoms with E-state index in [1.807, 2.05) is 0 Å². The fourth-order valence-electron chi connectivity index (χ4n) is 2.63. The highest BCUT2D eigenvalue weighted by molar-refractivity contribution is 5.76. The summed E-state index contributed by atoms with van der Waals surface area (Å²) >= 11 is 0. The van der Waals surface area contributed by atoms with Crippen molar-refractivity contribution in [3.8, 4) is 0 Å². The molecule has 0 radical (unpaired) electrons. The number of rotatable bonds is 9. The first-order chi connectivity index (χ1) is 13.5. The molecule has 0 aliphatic carbocycles. The van der Waals surface area contributed by atoms with Crippen molar-refractivity contribution in [2.45, 2.75) is 31.5 Å². The molecule has 0 spiro atoms. The Labute approximate surface area is 163 Å². The minimum absolute atomic E-state index is 0.0393. The molecule has 1 aromatic heterocycles. The topological polar surface area (TPSA) is 118 Å². The van der Waals surface area contributed by atoms with Crippen molar-refractivity contribution < 1.29 is 32.4 Å². The molecular formula is C18H20F3N3O5. The minimum atomic E-state index is -4.99. The van der Waals surface area contributed by atoms with Gasteiger partial charge in [-0.15, -0.1) is 0 Å². The molecule has 2 aromatic rings. The fourth-order valence-corrected chi connectivity index (χ4v) is 2.63. The Morgan fingerprint density at radius 2 is 1.90 bits per heavy atom. The second-order valence-electron chi connectivity index (χ2n) is 6.32. The lowest BCUT2D eigenvalue weighted by Crippen LogP contribution is -2.44. The highest BCUT2D eigenvalue weighted by atomic mass is 19.4. The number of alkyl halides is 3. The maximum Gasteiger partial charge on any atom is 0.424 e. The Hall–Kier alpha value is -3.08. The van der Waals surface area contributed by atoms with Crippen LogP contribution in [0.25, 0.3) is 0 Å². The van der Waals surface area contributed by atoms with Crippen LogP contribution in [0.5, 0.6) is 0 Å². The van der Waals surface area contributed by atoms with Gasteiger partial charge >= 0.3 is 6.18 Å². The van der Waals surface area contributed by atoms with E-state index in [0.29, 0.717) is 0 Å². The van der Waals surface area contributed by atoms with Gasteiger partial charge in [-0.1, -0.05) is 12.1 Å². The highest BCUT2D eigenvalue weighted by Gasteiger charge is 2.56. The van der Waals surface area contributed by atoms with Crippen molar-refractivity contribution in [1.82, 2.24) is 5.32 Å². The van der Waals surface area contributed by atoms with Gasteiger partial charge in [0, 0.05) is 32.0 Å². The third-order valence-electron chi connectivity index (χ3n) is 4.19. The third-order valence-corrected chi connectivity index (χ3v) is 4.19. The number of benzene rings is 1. The molecule has 11 heteroatoms. The Balaban J connectivity index is 1.86. The summed E-state index contributed by atoms with van der Waals surface area (Å²) in [6.07, 6.45) is -5.95. The lowest BCUT2D eigenvalue weighted by Gasteiger charge is -2.28. The average molecular weight is 415 g/mol. The molecule has 2 rings (SSSR count). The number of nitrogens with one attached hydrogen (secondary N) is 2. The molecule has 0 saturated carbocycles. The van der Waals surface area contributed by atoms with E-state index in [2.05, 4.69) is 10.6 Å². The number of nitro groups is 1. The van der Waals surface area contributed by atoms with E-state index >= 15 is 0 Å². The van der Waals surface area contributed by atoms with Gasteiger partial charge in [0.25, 0.3) is 5.69 Å². The Morgan fingerprint density at radius 1 is 1.21 bits per heavy atom. The van der Waals surface area contributed by atoms with E-state index in [-0.39, 0.29) is 30.1 Å². The molecule has 0 aliphatic rings. The Bertz CT molecular complexity index is 868. The Morgan fingerprint density at radius 3 is 2.48 bits per heavy atom. The van der Waals surface area contributed by atoms with Gasteiger partial charge in [0.1, 0.15) is 17.2 Å². The van der Waals surface area contributed by atoms with Crippen LogP contribution >= 0.6 is 0 Å².